The van der Waals surface area contributed by atoms with Crippen molar-refractivity contribution in [1.29, 1.82) is 0 Å². The molecule has 8 nitrogen and oxygen atoms in total. The molecule has 0 saturated carbocycles. The normalized spacial score (nSPS) is 11.8. The van der Waals surface area contributed by atoms with Crippen molar-refractivity contribution in [3.63, 3.8) is 0 Å². The Balaban J connectivity index is 2.64. The maximum atomic E-state index is 11.6. The monoisotopic (exact) mass is 311 g/mol. The molecule has 0 radical (unpaired) electrons. The Hall–Kier alpha value is -2.39. The highest BCUT2D eigenvalue weighted by Crippen LogP contribution is 2.13. The van der Waals surface area contributed by atoms with Gasteiger partial charge in [-0.25, -0.2) is 18.4 Å². The van der Waals surface area contributed by atoms with Crippen molar-refractivity contribution in [1.82, 2.24) is 10.2 Å². The van der Waals surface area contributed by atoms with Crippen LogP contribution in [0.5, 0.6) is 0 Å². The van der Waals surface area contributed by atoms with Gasteiger partial charge >= 0.3 is 6.03 Å². The number of amides is 2. The number of hydrogen-bond acceptors (Lipinski definition) is 4. The quantitative estimate of drug-likeness (QED) is 0.542. The van der Waals surface area contributed by atoms with Crippen LogP contribution in [0.4, 0.5) is 10.5 Å². The number of anilines is 1. The van der Waals surface area contributed by atoms with E-state index in [0.717, 1.165) is 0 Å². The molecular weight excluding hydrogens is 294 g/mol. The third kappa shape index (κ3) is 6.06. The lowest BCUT2D eigenvalue weighted by atomic mass is 10.3. The summed E-state index contributed by atoms with van der Waals surface area (Å²) >= 11 is 0. The summed E-state index contributed by atoms with van der Waals surface area (Å²) in [5, 5.41) is 9.96. The zero-order chi connectivity index (χ0) is 15.9. The fourth-order valence-corrected chi connectivity index (χ4v) is 1.93. The van der Waals surface area contributed by atoms with Crippen LogP contribution in [0.2, 0.25) is 0 Å². The fourth-order valence-electron chi connectivity index (χ4n) is 1.37. The number of carbonyl (C=O) groups is 1. The van der Waals surface area contributed by atoms with E-state index in [0.29, 0.717) is 5.69 Å². The molecule has 21 heavy (non-hydrogen) atoms. The molecular formula is C12H17N5O3S. The molecule has 1 aromatic rings. The van der Waals surface area contributed by atoms with Gasteiger partial charge in [-0.05, 0) is 18.2 Å². The highest BCUT2D eigenvalue weighted by molar-refractivity contribution is 7.89. The molecule has 0 heterocycles. The maximum Gasteiger partial charge on any atom is 0.323 e. The molecule has 0 aliphatic heterocycles. The largest absolute Gasteiger partial charge is 0.341 e. The van der Waals surface area contributed by atoms with Crippen LogP contribution in [0, 0.1) is 0 Å². The van der Waals surface area contributed by atoms with Gasteiger partial charge < -0.3 is 15.5 Å². The van der Waals surface area contributed by atoms with Gasteiger partial charge in [-0.3, -0.25) is 4.99 Å². The van der Waals surface area contributed by atoms with Gasteiger partial charge in [0.1, 0.15) is 0 Å². The topological polar surface area (TPSA) is 117 Å². The van der Waals surface area contributed by atoms with Gasteiger partial charge in [-0.2, -0.15) is 0 Å². The van der Waals surface area contributed by atoms with E-state index in [9.17, 15) is 13.2 Å². The number of nitrogens with zero attached hydrogens (tertiary/aromatic N) is 2. The van der Waals surface area contributed by atoms with E-state index in [1.165, 1.54) is 24.4 Å². The van der Waals surface area contributed by atoms with E-state index in [1.807, 2.05) is 0 Å². The zero-order valence-electron chi connectivity index (χ0n) is 11.6. The first-order valence-electron chi connectivity index (χ1n) is 5.84. The van der Waals surface area contributed by atoms with E-state index >= 15 is 0 Å². The number of carbonyl (C=O) groups excluding carboxylic acids is 1. The summed E-state index contributed by atoms with van der Waals surface area (Å²) in [6.07, 6.45) is 4.57. The summed E-state index contributed by atoms with van der Waals surface area (Å²) in [6.45, 7) is 0. The summed E-state index contributed by atoms with van der Waals surface area (Å²) in [7, 11) is -0.426. The van der Waals surface area contributed by atoms with Crippen LogP contribution in [0.3, 0.4) is 0 Å². The first kappa shape index (κ1) is 16.7. The molecule has 1 rings (SSSR count). The number of rotatable bonds is 5. The minimum absolute atomic E-state index is 0.0743. The summed E-state index contributed by atoms with van der Waals surface area (Å²) in [5.41, 5.74) is 0.316. The van der Waals surface area contributed by atoms with Crippen molar-refractivity contribution in [3.8, 4) is 0 Å². The molecule has 4 N–H and O–H groups in total. The first-order chi connectivity index (χ1) is 9.82. The molecule has 0 atom stereocenters. The Morgan fingerprint density at radius 1 is 1.43 bits per heavy atom. The molecule has 0 spiro atoms. The van der Waals surface area contributed by atoms with Crippen molar-refractivity contribution in [3.05, 3.63) is 36.7 Å². The highest BCUT2D eigenvalue weighted by atomic mass is 32.2. The third-order valence-electron chi connectivity index (χ3n) is 2.24. The molecule has 1 aromatic carbocycles. The van der Waals surface area contributed by atoms with Gasteiger partial charge in [0.15, 0.2) is 0 Å². The Morgan fingerprint density at radius 2 is 2.14 bits per heavy atom. The molecule has 0 aliphatic rings. The second-order valence-corrected chi connectivity index (χ2v) is 5.59. The number of nitrogens with two attached hydrogens (primary N) is 1. The maximum absolute atomic E-state index is 11.6. The molecule has 114 valence electrons. The van der Waals surface area contributed by atoms with Crippen molar-refractivity contribution >= 4 is 28.1 Å². The van der Waals surface area contributed by atoms with Crippen LogP contribution in [0.25, 0.3) is 0 Å². The Kier molecular flexibility index (Phi) is 5.88. The number of aliphatic imine (C=N–C) groups is 1. The standard InChI is InChI=1S/C12H17N5O3S/c1-14-9-17(2)7-6-15-12(18)16-10-4-3-5-11(8-10)21(13,19)20/h3-9H,1-2H3,(H2,13,19,20)(H2,15,16,18)/b7-6+,14-9-. The molecule has 9 heteroatoms. The Bertz CT molecular complexity index is 655. The van der Waals surface area contributed by atoms with Gasteiger partial charge in [-0.15, -0.1) is 0 Å². The molecule has 0 fully saturated rings. The molecule has 0 aromatic heterocycles. The van der Waals surface area contributed by atoms with Crippen LogP contribution in [0.1, 0.15) is 0 Å². The van der Waals surface area contributed by atoms with Crippen LogP contribution in [0.15, 0.2) is 46.6 Å². The minimum Gasteiger partial charge on any atom is -0.341 e. The third-order valence-corrected chi connectivity index (χ3v) is 3.15. The van der Waals surface area contributed by atoms with Gasteiger partial charge in [0, 0.05) is 32.2 Å². The molecule has 0 unspecified atom stereocenters. The van der Waals surface area contributed by atoms with Gasteiger partial charge in [0.2, 0.25) is 10.0 Å². The van der Waals surface area contributed by atoms with E-state index in [2.05, 4.69) is 15.6 Å². The number of sulfonamides is 1. The molecule has 0 aliphatic carbocycles. The van der Waals surface area contributed by atoms with Crippen LogP contribution in [-0.4, -0.2) is 39.8 Å². The van der Waals surface area contributed by atoms with E-state index in [4.69, 9.17) is 5.14 Å². The summed E-state index contributed by atoms with van der Waals surface area (Å²) in [6, 6.07) is 5.13. The number of primary sulfonamides is 1. The molecule has 0 bridgehead atoms. The number of nitrogens with one attached hydrogen (secondary N) is 2. The van der Waals surface area contributed by atoms with Crippen molar-refractivity contribution in [2.45, 2.75) is 4.90 Å². The van der Waals surface area contributed by atoms with Gasteiger partial charge in [0.05, 0.1) is 11.2 Å². The summed E-state index contributed by atoms with van der Waals surface area (Å²) in [5.74, 6) is 0. The van der Waals surface area contributed by atoms with Crippen molar-refractivity contribution in [2.24, 2.45) is 10.1 Å². The first-order valence-corrected chi connectivity index (χ1v) is 7.39. The number of hydrogen-bond donors (Lipinski definition) is 3. The summed E-state index contributed by atoms with van der Waals surface area (Å²) in [4.78, 5) is 17.0. The second-order valence-electron chi connectivity index (χ2n) is 4.03. The predicted molar refractivity (Wildman–Crippen MR) is 81.3 cm³/mol. The Morgan fingerprint density at radius 3 is 2.76 bits per heavy atom. The molecule has 0 saturated heterocycles. The zero-order valence-corrected chi connectivity index (χ0v) is 12.5. The molecule has 2 amide bonds. The van der Waals surface area contributed by atoms with Gasteiger partial charge in [-0.1, -0.05) is 6.07 Å². The van der Waals surface area contributed by atoms with Crippen LogP contribution >= 0.6 is 0 Å². The van der Waals surface area contributed by atoms with Crippen molar-refractivity contribution in [2.75, 3.05) is 19.4 Å². The average Bonchev–Trinajstić information content (AvgIpc) is 2.38. The highest BCUT2D eigenvalue weighted by Gasteiger charge is 2.08. The Labute approximate surface area is 123 Å². The fraction of sp³-hybridized carbons (Fsp3) is 0.167. The van der Waals surface area contributed by atoms with Gasteiger partial charge in [0.25, 0.3) is 0 Å². The lowest BCUT2D eigenvalue weighted by Gasteiger charge is -2.07. The van der Waals surface area contributed by atoms with E-state index in [1.54, 1.807) is 37.6 Å². The van der Waals surface area contributed by atoms with E-state index < -0.39 is 16.1 Å². The second kappa shape index (κ2) is 7.41. The number of benzene rings is 1. The van der Waals surface area contributed by atoms with Crippen LogP contribution < -0.4 is 15.8 Å². The minimum atomic E-state index is -3.80. The smallest absolute Gasteiger partial charge is 0.323 e. The lowest BCUT2D eigenvalue weighted by molar-refractivity contribution is 0.255. The SMILES string of the molecule is C/N=C\N(C)/C=C/NC(=O)Nc1cccc(S(N)(=O)=O)c1. The van der Waals surface area contributed by atoms with Crippen molar-refractivity contribution < 1.29 is 13.2 Å². The number of urea groups is 1. The van der Waals surface area contributed by atoms with Crippen LogP contribution in [-0.2, 0) is 10.0 Å². The van der Waals surface area contributed by atoms with E-state index in [-0.39, 0.29) is 4.90 Å². The lowest BCUT2D eigenvalue weighted by Crippen LogP contribution is -2.25. The average molecular weight is 311 g/mol. The summed E-state index contributed by atoms with van der Waals surface area (Å²) < 4.78 is 22.4. The predicted octanol–water partition coefficient (Wildman–Crippen LogP) is 0.517.